The number of ether oxygens (including phenoxy) is 1. The highest BCUT2D eigenvalue weighted by molar-refractivity contribution is 5.85. The minimum atomic E-state index is -0.449. The topological polar surface area (TPSA) is 26.3 Å². The largest absolute Gasteiger partial charge is 0.488 e. The summed E-state index contributed by atoms with van der Waals surface area (Å²) in [7, 11) is 0. The van der Waals surface area contributed by atoms with Gasteiger partial charge in [-0.3, -0.25) is 4.79 Å². The molecule has 0 bridgehead atoms. The van der Waals surface area contributed by atoms with E-state index in [1.807, 2.05) is 42.5 Å². The van der Waals surface area contributed by atoms with Crippen molar-refractivity contribution >= 4 is 17.1 Å². The molecule has 21 heavy (non-hydrogen) atoms. The summed E-state index contributed by atoms with van der Waals surface area (Å²) in [6.07, 6.45) is 0.599. The van der Waals surface area contributed by atoms with E-state index < -0.39 is 5.82 Å². The maximum atomic E-state index is 13.1. The third-order valence-electron chi connectivity index (χ3n) is 3.36. The lowest BCUT2D eigenvalue weighted by molar-refractivity contribution is 0.111. The van der Waals surface area contributed by atoms with Crippen LogP contribution in [0.1, 0.15) is 15.9 Å². The maximum Gasteiger partial charge on any atom is 0.153 e. The van der Waals surface area contributed by atoms with Crippen LogP contribution < -0.4 is 4.74 Å². The molecule has 3 rings (SSSR count). The lowest BCUT2D eigenvalue weighted by atomic mass is 10.1. The number of carbonyl (C=O) groups is 1. The molecule has 0 aliphatic rings. The van der Waals surface area contributed by atoms with Crippen LogP contribution >= 0.6 is 0 Å². The van der Waals surface area contributed by atoms with Crippen molar-refractivity contribution in [2.45, 2.75) is 6.61 Å². The Hall–Kier alpha value is -2.68. The Morgan fingerprint density at radius 3 is 2.67 bits per heavy atom. The fourth-order valence-corrected chi connectivity index (χ4v) is 2.32. The third-order valence-corrected chi connectivity index (χ3v) is 3.36. The Kier molecular flexibility index (Phi) is 3.65. The second-order valence-corrected chi connectivity index (χ2v) is 4.73. The Balaban J connectivity index is 1.89. The summed E-state index contributed by atoms with van der Waals surface area (Å²) in [6, 6.07) is 17.9. The standard InChI is InChI=1S/C18H13FO2/c19-16-8-9-18(15(10-16)11-20)21-12-14-6-3-5-13-4-1-2-7-17(13)14/h1-11H,12H2. The Morgan fingerprint density at radius 1 is 1.00 bits per heavy atom. The van der Waals surface area contributed by atoms with Crippen molar-refractivity contribution in [1.29, 1.82) is 0 Å². The van der Waals surface area contributed by atoms with Gasteiger partial charge in [-0.05, 0) is 34.5 Å². The molecule has 0 fully saturated rings. The molecule has 0 saturated carbocycles. The second kappa shape index (κ2) is 5.75. The minimum absolute atomic E-state index is 0.218. The van der Waals surface area contributed by atoms with Crippen LogP contribution in [0.2, 0.25) is 0 Å². The van der Waals surface area contributed by atoms with Crippen molar-refractivity contribution in [1.82, 2.24) is 0 Å². The van der Waals surface area contributed by atoms with E-state index in [1.54, 1.807) is 0 Å². The third kappa shape index (κ3) is 2.77. The maximum absolute atomic E-state index is 13.1. The van der Waals surface area contributed by atoms with E-state index in [0.29, 0.717) is 18.6 Å². The summed E-state index contributed by atoms with van der Waals surface area (Å²) in [6.45, 7) is 0.327. The normalized spacial score (nSPS) is 10.5. The average molecular weight is 280 g/mol. The van der Waals surface area contributed by atoms with Crippen LogP contribution in [0.3, 0.4) is 0 Å². The van der Waals surface area contributed by atoms with Gasteiger partial charge in [-0.2, -0.15) is 0 Å². The number of hydrogen-bond acceptors (Lipinski definition) is 2. The lowest BCUT2D eigenvalue weighted by Crippen LogP contribution is -1.99. The van der Waals surface area contributed by atoms with Crippen LogP contribution in [0.4, 0.5) is 4.39 Å². The van der Waals surface area contributed by atoms with Gasteiger partial charge in [0.1, 0.15) is 18.2 Å². The molecule has 104 valence electrons. The molecule has 0 amide bonds. The predicted molar refractivity (Wildman–Crippen MR) is 80.1 cm³/mol. The van der Waals surface area contributed by atoms with Crippen LogP contribution in [-0.4, -0.2) is 6.29 Å². The molecular formula is C18H13FO2. The number of aldehydes is 1. The van der Waals surface area contributed by atoms with Gasteiger partial charge >= 0.3 is 0 Å². The lowest BCUT2D eigenvalue weighted by Gasteiger charge is -2.10. The number of carbonyl (C=O) groups excluding carboxylic acids is 1. The molecule has 0 aromatic heterocycles. The first-order valence-electron chi connectivity index (χ1n) is 6.62. The van der Waals surface area contributed by atoms with Gasteiger partial charge in [0.05, 0.1) is 5.56 Å². The van der Waals surface area contributed by atoms with Gasteiger partial charge in [0.25, 0.3) is 0 Å². The van der Waals surface area contributed by atoms with Crippen molar-refractivity contribution in [2.24, 2.45) is 0 Å². The Labute approximate surface area is 121 Å². The van der Waals surface area contributed by atoms with E-state index in [0.717, 1.165) is 16.3 Å². The van der Waals surface area contributed by atoms with Gasteiger partial charge < -0.3 is 4.74 Å². The fraction of sp³-hybridized carbons (Fsp3) is 0.0556. The van der Waals surface area contributed by atoms with E-state index >= 15 is 0 Å². The number of hydrogen-bond donors (Lipinski definition) is 0. The van der Waals surface area contributed by atoms with Gasteiger partial charge in [-0.1, -0.05) is 42.5 Å². The molecule has 0 heterocycles. The number of benzene rings is 3. The molecule has 0 saturated heterocycles. The van der Waals surface area contributed by atoms with E-state index in [2.05, 4.69) is 0 Å². The van der Waals surface area contributed by atoms with E-state index in [4.69, 9.17) is 4.74 Å². The number of rotatable bonds is 4. The molecule has 0 radical (unpaired) electrons. The SMILES string of the molecule is O=Cc1cc(F)ccc1OCc1cccc2ccccc12. The van der Waals surface area contributed by atoms with Crippen molar-refractivity contribution in [2.75, 3.05) is 0 Å². The monoisotopic (exact) mass is 280 g/mol. The van der Waals surface area contributed by atoms with E-state index in [-0.39, 0.29) is 5.56 Å². The number of halogens is 1. The molecular weight excluding hydrogens is 267 g/mol. The highest BCUT2D eigenvalue weighted by atomic mass is 19.1. The average Bonchev–Trinajstić information content (AvgIpc) is 2.53. The summed E-state index contributed by atoms with van der Waals surface area (Å²) in [5.41, 5.74) is 1.24. The minimum Gasteiger partial charge on any atom is -0.488 e. The van der Waals surface area contributed by atoms with Crippen molar-refractivity contribution in [3.8, 4) is 5.75 Å². The highest BCUT2D eigenvalue weighted by Gasteiger charge is 2.06. The first kappa shape index (κ1) is 13.3. The molecule has 3 aromatic carbocycles. The Morgan fingerprint density at radius 2 is 1.81 bits per heavy atom. The summed E-state index contributed by atoms with van der Waals surface area (Å²) in [4.78, 5) is 11.0. The molecule has 0 N–H and O–H groups in total. The predicted octanol–water partition coefficient (Wildman–Crippen LogP) is 4.37. The molecule has 2 nitrogen and oxygen atoms in total. The van der Waals surface area contributed by atoms with Crippen molar-refractivity contribution in [3.05, 3.63) is 77.6 Å². The first-order chi connectivity index (χ1) is 10.3. The molecule has 0 atom stereocenters. The fourth-order valence-electron chi connectivity index (χ4n) is 2.32. The molecule has 0 unspecified atom stereocenters. The summed E-state index contributed by atoms with van der Waals surface area (Å²) in [5, 5.41) is 2.24. The zero-order chi connectivity index (χ0) is 14.7. The molecule has 0 aliphatic heterocycles. The molecule has 3 aromatic rings. The van der Waals surface area contributed by atoms with Crippen molar-refractivity contribution in [3.63, 3.8) is 0 Å². The molecule has 0 spiro atoms. The van der Waals surface area contributed by atoms with Crippen LogP contribution in [0.15, 0.2) is 60.7 Å². The molecule has 3 heteroatoms. The van der Waals surface area contributed by atoms with Gasteiger partial charge in [0, 0.05) is 0 Å². The summed E-state index contributed by atoms with van der Waals surface area (Å²) >= 11 is 0. The van der Waals surface area contributed by atoms with Gasteiger partial charge in [-0.15, -0.1) is 0 Å². The first-order valence-corrected chi connectivity index (χ1v) is 6.62. The zero-order valence-corrected chi connectivity index (χ0v) is 11.3. The zero-order valence-electron chi connectivity index (χ0n) is 11.3. The van der Waals surface area contributed by atoms with Crippen LogP contribution in [-0.2, 0) is 6.61 Å². The smallest absolute Gasteiger partial charge is 0.153 e. The molecule has 0 aliphatic carbocycles. The van der Waals surface area contributed by atoms with Gasteiger partial charge in [0.2, 0.25) is 0 Å². The second-order valence-electron chi connectivity index (χ2n) is 4.73. The van der Waals surface area contributed by atoms with E-state index in [9.17, 15) is 9.18 Å². The van der Waals surface area contributed by atoms with Gasteiger partial charge in [-0.25, -0.2) is 4.39 Å². The summed E-state index contributed by atoms with van der Waals surface area (Å²) < 4.78 is 18.8. The van der Waals surface area contributed by atoms with Gasteiger partial charge in [0.15, 0.2) is 6.29 Å². The van der Waals surface area contributed by atoms with E-state index in [1.165, 1.54) is 18.2 Å². The summed E-state index contributed by atoms with van der Waals surface area (Å²) in [5.74, 6) is -0.0612. The van der Waals surface area contributed by atoms with Crippen LogP contribution in [0, 0.1) is 5.82 Å². The van der Waals surface area contributed by atoms with Crippen molar-refractivity contribution < 1.29 is 13.9 Å². The quantitative estimate of drug-likeness (QED) is 0.663. The Bertz CT molecular complexity index is 791. The number of fused-ring (bicyclic) bond motifs is 1. The highest BCUT2D eigenvalue weighted by Crippen LogP contribution is 2.22. The van der Waals surface area contributed by atoms with Crippen LogP contribution in [0.5, 0.6) is 5.75 Å². The van der Waals surface area contributed by atoms with Crippen LogP contribution in [0.25, 0.3) is 10.8 Å².